The molecule has 1 aromatic heterocycles. The highest BCUT2D eigenvalue weighted by atomic mass is 16.2. The van der Waals surface area contributed by atoms with E-state index in [1.165, 1.54) is 10.2 Å². The molecule has 0 bridgehead atoms. The van der Waals surface area contributed by atoms with Gasteiger partial charge in [-0.2, -0.15) is 5.10 Å². The van der Waals surface area contributed by atoms with Crippen molar-refractivity contribution in [2.75, 3.05) is 38.0 Å². The molecule has 0 atom stereocenters. The number of nitrogens with zero attached hydrogens (tertiary/aromatic N) is 4. The van der Waals surface area contributed by atoms with Gasteiger partial charge in [-0.1, -0.05) is 51.1 Å². The monoisotopic (exact) mass is 447 g/mol. The normalized spacial score (nSPS) is 15.3. The first-order valence-corrected chi connectivity index (χ1v) is 11.8. The number of carbonyl (C=O) groups excluding carboxylic acids is 1. The molecular formula is C26H33N5O2. The molecule has 1 saturated heterocycles. The molecular weight excluding hydrogens is 414 g/mol. The van der Waals surface area contributed by atoms with Gasteiger partial charge in [-0.3, -0.25) is 14.5 Å². The molecule has 1 aliphatic rings. The molecule has 2 aromatic carbocycles. The van der Waals surface area contributed by atoms with Gasteiger partial charge in [0.05, 0.1) is 5.39 Å². The molecule has 0 aliphatic carbocycles. The van der Waals surface area contributed by atoms with Crippen molar-refractivity contribution in [2.24, 2.45) is 5.92 Å². The molecule has 2 heterocycles. The Labute approximate surface area is 195 Å². The van der Waals surface area contributed by atoms with Crippen molar-refractivity contribution in [1.29, 1.82) is 0 Å². The van der Waals surface area contributed by atoms with Crippen molar-refractivity contribution in [3.8, 4) is 0 Å². The Hall–Kier alpha value is -3.03. The van der Waals surface area contributed by atoms with Crippen LogP contribution in [0.3, 0.4) is 0 Å². The van der Waals surface area contributed by atoms with E-state index in [4.69, 9.17) is 0 Å². The zero-order valence-corrected chi connectivity index (χ0v) is 19.8. The Morgan fingerprint density at radius 1 is 0.970 bits per heavy atom. The smallest absolute Gasteiger partial charge is 0.276 e. The van der Waals surface area contributed by atoms with E-state index in [9.17, 15) is 9.59 Å². The molecule has 3 aromatic rings. The van der Waals surface area contributed by atoms with Gasteiger partial charge in [0.2, 0.25) is 0 Å². The van der Waals surface area contributed by atoms with Crippen molar-refractivity contribution in [1.82, 2.24) is 19.6 Å². The van der Waals surface area contributed by atoms with E-state index in [-0.39, 0.29) is 23.1 Å². The van der Waals surface area contributed by atoms with E-state index >= 15 is 0 Å². The Bertz CT molecular complexity index is 1160. The number of hydrogen-bond donors (Lipinski definition) is 1. The second kappa shape index (κ2) is 10.3. The van der Waals surface area contributed by atoms with Crippen LogP contribution in [0.2, 0.25) is 0 Å². The first-order chi connectivity index (χ1) is 15.9. The van der Waals surface area contributed by atoms with Gasteiger partial charge in [-0.25, -0.2) is 4.68 Å². The molecule has 1 amide bonds. The topological polar surface area (TPSA) is 70.5 Å². The van der Waals surface area contributed by atoms with Crippen LogP contribution in [0.5, 0.6) is 0 Å². The molecule has 1 N–H and O–H groups in total. The van der Waals surface area contributed by atoms with E-state index in [2.05, 4.69) is 39.3 Å². The molecule has 7 heteroatoms. The van der Waals surface area contributed by atoms with Crippen LogP contribution in [0.25, 0.3) is 10.8 Å². The fourth-order valence-electron chi connectivity index (χ4n) is 4.28. The van der Waals surface area contributed by atoms with Crippen LogP contribution in [-0.4, -0.2) is 58.2 Å². The molecule has 174 valence electrons. The highest BCUT2D eigenvalue weighted by molar-refractivity contribution is 6.11. The van der Waals surface area contributed by atoms with Crippen LogP contribution in [-0.2, 0) is 13.1 Å². The number of likely N-dealkylation sites (N-methyl/N-ethyl adjacent to an activating group) is 1. The minimum atomic E-state index is -0.313. The minimum Gasteiger partial charge on any atom is -0.321 e. The number of aromatic nitrogens is 2. The van der Waals surface area contributed by atoms with Crippen molar-refractivity contribution >= 4 is 22.4 Å². The van der Waals surface area contributed by atoms with Gasteiger partial charge in [0, 0.05) is 50.3 Å². The summed E-state index contributed by atoms with van der Waals surface area (Å²) in [7, 11) is 0. The van der Waals surface area contributed by atoms with Gasteiger partial charge >= 0.3 is 0 Å². The fourth-order valence-corrected chi connectivity index (χ4v) is 4.28. The van der Waals surface area contributed by atoms with Crippen LogP contribution in [0.1, 0.15) is 36.8 Å². The predicted octanol–water partition coefficient (Wildman–Crippen LogP) is 3.44. The lowest BCUT2D eigenvalue weighted by atomic mass is 10.1. The molecule has 4 rings (SSSR count). The van der Waals surface area contributed by atoms with Gasteiger partial charge in [0.1, 0.15) is 0 Å². The van der Waals surface area contributed by atoms with Gasteiger partial charge in [-0.05, 0) is 36.2 Å². The number of anilines is 1. The molecule has 0 unspecified atom stereocenters. The van der Waals surface area contributed by atoms with E-state index < -0.39 is 0 Å². The zero-order valence-electron chi connectivity index (χ0n) is 19.8. The average Bonchev–Trinajstić information content (AvgIpc) is 2.82. The fraction of sp³-hybridized carbons (Fsp3) is 0.423. The Morgan fingerprint density at radius 3 is 2.24 bits per heavy atom. The average molecular weight is 448 g/mol. The highest BCUT2D eigenvalue weighted by Crippen LogP contribution is 2.17. The van der Waals surface area contributed by atoms with Crippen LogP contribution in [0.15, 0.2) is 53.3 Å². The van der Waals surface area contributed by atoms with E-state index in [0.29, 0.717) is 23.0 Å². The number of rotatable bonds is 7. The van der Waals surface area contributed by atoms with Crippen molar-refractivity contribution < 1.29 is 4.79 Å². The minimum absolute atomic E-state index is 0.167. The summed E-state index contributed by atoms with van der Waals surface area (Å²) in [5.41, 5.74) is 2.04. The van der Waals surface area contributed by atoms with Crippen LogP contribution < -0.4 is 10.9 Å². The molecule has 0 saturated carbocycles. The maximum atomic E-state index is 13.1. The SMILES string of the molecule is CCN1CCN(Cc2ccc(NC(=O)c3nn(CC(C)C)c(=O)c4ccccc34)cc2)CC1. The van der Waals surface area contributed by atoms with Gasteiger partial charge in [-0.15, -0.1) is 0 Å². The third-order valence-electron chi connectivity index (χ3n) is 6.15. The quantitative estimate of drug-likeness (QED) is 0.601. The van der Waals surface area contributed by atoms with Crippen molar-refractivity contribution in [2.45, 2.75) is 33.9 Å². The van der Waals surface area contributed by atoms with Crippen molar-refractivity contribution in [3.05, 3.63) is 70.1 Å². The molecule has 1 fully saturated rings. The summed E-state index contributed by atoms with van der Waals surface area (Å²) in [6, 6.07) is 15.2. The number of hydrogen-bond acceptors (Lipinski definition) is 5. The third-order valence-corrected chi connectivity index (χ3v) is 6.15. The number of fused-ring (bicyclic) bond motifs is 1. The summed E-state index contributed by atoms with van der Waals surface area (Å²) >= 11 is 0. The number of piperazine rings is 1. The standard InChI is InChI=1S/C26H33N5O2/c1-4-29-13-15-30(16-14-29)18-20-9-11-21(12-10-20)27-25(32)24-22-7-5-6-8-23(22)26(33)31(28-24)17-19(2)3/h5-12,19H,4,13-18H2,1-3H3,(H,27,32). The largest absolute Gasteiger partial charge is 0.321 e. The third kappa shape index (κ3) is 5.49. The summed E-state index contributed by atoms with van der Waals surface area (Å²) in [5, 5.41) is 8.47. The maximum Gasteiger partial charge on any atom is 0.276 e. The summed E-state index contributed by atoms with van der Waals surface area (Å²) in [6.45, 7) is 13.1. The molecule has 33 heavy (non-hydrogen) atoms. The molecule has 0 spiro atoms. The van der Waals surface area contributed by atoms with Crippen LogP contribution in [0, 0.1) is 5.92 Å². The van der Waals surface area contributed by atoms with E-state index in [1.54, 1.807) is 12.1 Å². The lowest BCUT2D eigenvalue weighted by molar-refractivity contribution is 0.102. The summed E-state index contributed by atoms with van der Waals surface area (Å²) in [6.07, 6.45) is 0. The van der Waals surface area contributed by atoms with Gasteiger partial charge in [0.25, 0.3) is 11.5 Å². The summed E-state index contributed by atoms with van der Waals surface area (Å²) in [4.78, 5) is 30.9. The van der Waals surface area contributed by atoms with Crippen LogP contribution in [0.4, 0.5) is 5.69 Å². The van der Waals surface area contributed by atoms with Crippen LogP contribution >= 0.6 is 0 Å². The Morgan fingerprint density at radius 2 is 1.61 bits per heavy atom. The molecule has 1 aliphatic heterocycles. The lowest BCUT2D eigenvalue weighted by Crippen LogP contribution is -2.45. The summed E-state index contributed by atoms with van der Waals surface area (Å²) in [5.74, 6) is -0.0723. The van der Waals surface area contributed by atoms with E-state index in [1.807, 2.05) is 38.1 Å². The Balaban J connectivity index is 1.49. The number of amides is 1. The number of carbonyl (C=O) groups is 1. The second-order valence-corrected chi connectivity index (χ2v) is 9.14. The predicted molar refractivity (Wildman–Crippen MR) is 133 cm³/mol. The number of nitrogens with one attached hydrogen (secondary N) is 1. The van der Waals surface area contributed by atoms with Gasteiger partial charge < -0.3 is 10.2 Å². The van der Waals surface area contributed by atoms with Gasteiger partial charge in [0.15, 0.2) is 5.69 Å². The second-order valence-electron chi connectivity index (χ2n) is 9.14. The molecule has 7 nitrogen and oxygen atoms in total. The first kappa shape index (κ1) is 23.1. The maximum absolute atomic E-state index is 13.1. The lowest BCUT2D eigenvalue weighted by Gasteiger charge is -2.34. The first-order valence-electron chi connectivity index (χ1n) is 11.8. The highest BCUT2D eigenvalue weighted by Gasteiger charge is 2.18. The number of benzene rings is 2. The Kier molecular flexibility index (Phi) is 7.20. The zero-order chi connectivity index (χ0) is 23.4. The van der Waals surface area contributed by atoms with E-state index in [0.717, 1.165) is 39.3 Å². The molecule has 0 radical (unpaired) electrons. The van der Waals surface area contributed by atoms with Crippen molar-refractivity contribution in [3.63, 3.8) is 0 Å². The summed E-state index contributed by atoms with van der Waals surface area (Å²) < 4.78 is 1.41.